The molecule has 3 rings (SSSR count). The second-order valence-corrected chi connectivity index (χ2v) is 18.2. The summed E-state index contributed by atoms with van der Waals surface area (Å²) < 4.78 is 60.4. The minimum absolute atomic E-state index is 0.0665. The predicted molar refractivity (Wildman–Crippen MR) is 188 cm³/mol. The molecule has 0 spiro atoms. The van der Waals surface area contributed by atoms with E-state index in [0.717, 1.165) is 27.8 Å². The minimum Gasteiger partial charge on any atom is -0.299 e. The molecule has 0 aliphatic carbocycles. The third-order valence-corrected chi connectivity index (χ3v) is 12.7. The van der Waals surface area contributed by atoms with Crippen LogP contribution in [0.1, 0.15) is 152 Å². The summed E-state index contributed by atoms with van der Waals surface area (Å²) in [7, 11) is -7.44. The molecule has 1 N–H and O–H groups in total. The number of hydrogen-bond donors (Lipinski definition) is 1. The topological polar surface area (TPSA) is 86.8 Å². The molecule has 0 radical (unpaired) electrons. The molecule has 2 aromatic rings. The monoisotopic (exact) mass is 661 g/mol. The van der Waals surface area contributed by atoms with E-state index >= 15 is 0 Å². The molecule has 1 aliphatic heterocycles. The van der Waals surface area contributed by atoms with Gasteiger partial charge in [-0.3, -0.25) is 4.90 Å². The van der Waals surface area contributed by atoms with Gasteiger partial charge in [-0.1, -0.05) is 107 Å². The van der Waals surface area contributed by atoms with Gasteiger partial charge in [-0.2, -0.15) is 4.31 Å². The molecule has 1 fully saturated rings. The van der Waals surface area contributed by atoms with E-state index < -0.39 is 20.0 Å². The van der Waals surface area contributed by atoms with Gasteiger partial charge in [-0.25, -0.2) is 21.6 Å². The van der Waals surface area contributed by atoms with Gasteiger partial charge in [0.1, 0.15) is 0 Å². The van der Waals surface area contributed by atoms with Gasteiger partial charge >= 0.3 is 0 Å². The van der Waals surface area contributed by atoms with Crippen LogP contribution in [0.3, 0.4) is 0 Å². The summed E-state index contributed by atoms with van der Waals surface area (Å²) in [6.07, 6.45) is 0. The lowest BCUT2D eigenvalue weighted by Crippen LogP contribution is -2.50. The maximum atomic E-state index is 14.2. The van der Waals surface area contributed by atoms with Crippen molar-refractivity contribution in [3.63, 3.8) is 0 Å². The van der Waals surface area contributed by atoms with Crippen LogP contribution in [0, 0.1) is 0 Å². The first-order chi connectivity index (χ1) is 20.8. The van der Waals surface area contributed by atoms with Crippen molar-refractivity contribution in [2.45, 2.75) is 128 Å². The summed E-state index contributed by atoms with van der Waals surface area (Å²) in [6, 6.07) is 8.28. The second kappa shape index (κ2) is 15.0. The third kappa shape index (κ3) is 8.58. The van der Waals surface area contributed by atoms with Crippen LogP contribution in [0.5, 0.6) is 0 Å². The van der Waals surface area contributed by atoms with Crippen LogP contribution in [0.2, 0.25) is 0 Å². The Bertz CT molecular complexity index is 1470. The van der Waals surface area contributed by atoms with Crippen molar-refractivity contribution < 1.29 is 16.8 Å². The molecule has 0 aromatic heterocycles. The third-order valence-electron chi connectivity index (χ3n) is 9.08. The first kappa shape index (κ1) is 37.7. The summed E-state index contributed by atoms with van der Waals surface area (Å²) in [4.78, 5) is 3.04. The van der Waals surface area contributed by atoms with Crippen molar-refractivity contribution in [3.8, 4) is 0 Å². The molecule has 254 valence electrons. The maximum absolute atomic E-state index is 14.2. The van der Waals surface area contributed by atoms with Gasteiger partial charge < -0.3 is 0 Å². The molecule has 7 nitrogen and oxygen atoms in total. The van der Waals surface area contributed by atoms with E-state index in [0.29, 0.717) is 54.4 Å². The van der Waals surface area contributed by atoms with Gasteiger partial charge in [0, 0.05) is 39.3 Å². The Morgan fingerprint density at radius 3 is 1.24 bits per heavy atom. The van der Waals surface area contributed by atoms with Crippen molar-refractivity contribution in [2.75, 3.05) is 39.3 Å². The summed E-state index contributed by atoms with van der Waals surface area (Å²) in [5, 5.41) is 0. The molecule has 0 bridgehead atoms. The first-order valence-corrected chi connectivity index (χ1v) is 19.8. The quantitative estimate of drug-likeness (QED) is 0.238. The van der Waals surface area contributed by atoms with Crippen LogP contribution in [0.25, 0.3) is 0 Å². The van der Waals surface area contributed by atoms with Crippen molar-refractivity contribution in [1.29, 1.82) is 0 Å². The van der Waals surface area contributed by atoms with E-state index in [2.05, 4.69) is 89.3 Å². The highest BCUT2D eigenvalue weighted by molar-refractivity contribution is 7.89. The second-order valence-electron chi connectivity index (χ2n) is 14.6. The van der Waals surface area contributed by atoms with Gasteiger partial charge in [0.25, 0.3) is 0 Å². The van der Waals surface area contributed by atoms with E-state index in [4.69, 9.17) is 0 Å². The molecule has 9 heteroatoms. The molecule has 0 atom stereocenters. The SMILES string of the molecule is CC(C)c1cc(C(C)C)c(S(=O)(=O)NCCN2CCN(S(=O)(=O)c3c(C(C)C)cc(C(C)C)cc3C(C)C)CC2)c(C(C)C)c1. The van der Waals surface area contributed by atoms with Crippen LogP contribution in [-0.4, -0.2) is 65.3 Å². The summed E-state index contributed by atoms with van der Waals surface area (Å²) in [5.74, 6) is 0.906. The molecule has 1 saturated heterocycles. The Morgan fingerprint density at radius 2 is 0.911 bits per heavy atom. The van der Waals surface area contributed by atoms with Gasteiger partial charge in [0.2, 0.25) is 20.0 Å². The zero-order valence-electron chi connectivity index (χ0n) is 29.9. The van der Waals surface area contributed by atoms with E-state index in [-0.39, 0.29) is 30.2 Å². The van der Waals surface area contributed by atoms with Crippen LogP contribution in [-0.2, 0) is 20.0 Å². The number of sulfonamides is 2. The van der Waals surface area contributed by atoms with Crippen molar-refractivity contribution in [3.05, 3.63) is 57.6 Å². The molecule has 0 unspecified atom stereocenters. The molecule has 1 aliphatic rings. The number of nitrogens with zero attached hydrogens (tertiary/aromatic N) is 2. The minimum atomic E-state index is -3.74. The Labute approximate surface area is 275 Å². The van der Waals surface area contributed by atoms with Crippen LogP contribution in [0.4, 0.5) is 0 Å². The summed E-state index contributed by atoms with van der Waals surface area (Å²) in [5.41, 5.74) is 5.84. The van der Waals surface area contributed by atoms with Crippen molar-refractivity contribution >= 4 is 20.0 Å². The van der Waals surface area contributed by atoms with Crippen LogP contribution < -0.4 is 4.72 Å². The molecule has 2 aromatic carbocycles. The Balaban J connectivity index is 1.77. The summed E-state index contributed by atoms with van der Waals surface area (Å²) in [6.45, 7) is 27.6. The lowest BCUT2D eigenvalue weighted by Gasteiger charge is -2.35. The van der Waals surface area contributed by atoms with E-state index in [1.165, 1.54) is 5.56 Å². The van der Waals surface area contributed by atoms with E-state index in [1.807, 2.05) is 27.7 Å². The lowest BCUT2D eigenvalue weighted by atomic mass is 9.89. The fourth-order valence-corrected chi connectivity index (χ4v) is 9.92. The average Bonchev–Trinajstić information content (AvgIpc) is 2.95. The highest BCUT2D eigenvalue weighted by Gasteiger charge is 2.34. The number of hydrogen-bond acceptors (Lipinski definition) is 5. The normalized spacial score (nSPS) is 16.0. The number of nitrogens with one attached hydrogen (secondary N) is 1. The number of rotatable bonds is 13. The summed E-state index contributed by atoms with van der Waals surface area (Å²) >= 11 is 0. The largest absolute Gasteiger partial charge is 0.299 e. The maximum Gasteiger partial charge on any atom is 0.243 e. The van der Waals surface area contributed by atoms with Gasteiger partial charge in [0.15, 0.2) is 0 Å². The molecule has 1 heterocycles. The van der Waals surface area contributed by atoms with Gasteiger partial charge in [-0.15, -0.1) is 0 Å². The van der Waals surface area contributed by atoms with Crippen molar-refractivity contribution in [2.24, 2.45) is 0 Å². The molecular weight excluding hydrogens is 603 g/mol. The van der Waals surface area contributed by atoms with Crippen LogP contribution >= 0.6 is 0 Å². The van der Waals surface area contributed by atoms with E-state index in [1.54, 1.807) is 4.31 Å². The molecule has 45 heavy (non-hydrogen) atoms. The Hall–Kier alpha value is -1.78. The molecule has 0 saturated carbocycles. The highest BCUT2D eigenvalue weighted by atomic mass is 32.2. The zero-order chi connectivity index (χ0) is 34.0. The smallest absolute Gasteiger partial charge is 0.243 e. The fourth-order valence-electron chi connectivity index (χ4n) is 6.12. The Morgan fingerprint density at radius 1 is 0.556 bits per heavy atom. The lowest BCUT2D eigenvalue weighted by molar-refractivity contribution is 0.191. The fraction of sp³-hybridized carbons (Fsp3) is 0.667. The number of piperazine rings is 1. The highest BCUT2D eigenvalue weighted by Crippen LogP contribution is 2.37. The first-order valence-electron chi connectivity index (χ1n) is 16.9. The molecular formula is C36H59N3O4S2. The zero-order valence-corrected chi connectivity index (χ0v) is 31.5. The van der Waals surface area contributed by atoms with Gasteiger partial charge in [0.05, 0.1) is 9.79 Å². The van der Waals surface area contributed by atoms with Gasteiger partial charge in [-0.05, 0) is 68.9 Å². The average molecular weight is 662 g/mol. The standard InChI is InChI=1S/C36H59N3O4S2/c1-23(2)29-19-31(25(5)6)35(32(20-29)26(7)8)44(40,41)37-13-14-38-15-17-39(18-16-38)45(42,43)36-33(27(9)10)21-30(24(3)4)22-34(36)28(11)12/h19-28,37H,13-18H2,1-12H3. The molecule has 0 amide bonds. The van der Waals surface area contributed by atoms with E-state index in [9.17, 15) is 16.8 Å². The van der Waals surface area contributed by atoms with Crippen LogP contribution in [0.15, 0.2) is 34.1 Å². The Kier molecular flexibility index (Phi) is 12.5. The predicted octanol–water partition coefficient (Wildman–Crippen LogP) is 7.71. The number of benzene rings is 2. The van der Waals surface area contributed by atoms with Crippen molar-refractivity contribution in [1.82, 2.24) is 13.9 Å².